The van der Waals surface area contributed by atoms with Gasteiger partial charge in [0.15, 0.2) is 0 Å². The second kappa shape index (κ2) is 4.97. The Balaban J connectivity index is 2.35. The van der Waals surface area contributed by atoms with Gasteiger partial charge in [-0.15, -0.1) is 0 Å². The van der Waals surface area contributed by atoms with Gasteiger partial charge in [0.1, 0.15) is 0 Å². The third-order valence-corrected chi connectivity index (χ3v) is 4.12. The van der Waals surface area contributed by atoms with Gasteiger partial charge in [-0.1, -0.05) is 40.5 Å². The van der Waals surface area contributed by atoms with Crippen LogP contribution in [-0.2, 0) is 5.33 Å². The molecular formula is C13H17BrClN. The van der Waals surface area contributed by atoms with Gasteiger partial charge in [-0.25, -0.2) is 0 Å². The van der Waals surface area contributed by atoms with E-state index < -0.39 is 0 Å². The van der Waals surface area contributed by atoms with Gasteiger partial charge in [-0.2, -0.15) is 0 Å². The van der Waals surface area contributed by atoms with Crippen LogP contribution in [0.25, 0.3) is 0 Å². The number of nitrogens with zero attached hydrogens (tertiary/aromatic N) is 1. The van der Waals surface area contributed by atoms with E-state index in [1.165, 1.54) is 17.7 Å². The smallest absolute Gasteiger partial charge is 0.0426 e. The Morgan fingerprint density at radius 3 is 2.75 bits per heavy atom. The molecule has 0 radical (unpaired) electrons. The number of rotatable bonds is 2. The summed E-state index contributed by atoms with van der Waals surface area (Å²) in [4.78, 5) is 2.48. The summed E-state index contributed by atoms with van der Waals surface area (Å²) >= 11 is 9.64. The molecule has 0 bridgehead atoms. The van der Waals surface area contributed by atoms with Crippen molar-refractivity contribution in [1.82, 2.24) is 0 Å². The van der Waals surface area contributed by atoms with Crippen LogP contribution in [0.1, 0.15) is 25.8 Å². The second-order valence-corrected chi connectivity index (χ2v) is 5.75. The average Bonchev–Trinajstić information content (AvgIpc) is 2.57. The summed E-state index contributed by atoms with van der Waals surface area (Å²) in [5.74, 6) is 0.775. The lowest BCUT2D eigenvalue weighted by Gasteiger charge is -2.26. The third kappa shape index (κ3) is 2.38. The van der Waals surface area contributed by atoms with Gasteiger partial charge in [-0.3, -0.25) is 0 Å². The van der Waals surface area contributed by atoms with Crippen molar-refractivity contribution < 1.29 is 0 Å². The molecule has 1 aromatic carbocycles. The van der Waals surface area contributed by atoms with Gasteiger partial charge >= 0.3 is 0 Å². The van der Waals surface area contributed by atoms with Crippen LogP contribution in [0.3, 0.4) is 0 Å². The lowest BCUT2D eigenvalue weighted by Crippen LogP contribution is -2.27. The summed E-state index contributed by atoms with van der Waals surface area (Å²) in [5.41, 5.74) is 2.62. The van der Waals surface area contributed by atoms with Crippen LogP contribution in [-0.4, -0.2) is 12.6 Å². The third-order valence-electron chi connectivity index (χ3n) is 3.28. The highest BCUT2D eigenvalue weighted by Gasteiger charge is 2.27. The van der Waals surface area contributed by atoms with Gasteiger partial charge in [0.2, 0.25) is 0 Å². The molecule has 1 fully saturated rings. The zero-order chi connectivity index (χ0) is 11.7. The van der Waals surface area contributed by atoms with Crippen molar-refractivity contribution in [2.75, 3.05) is 11.4 Å². The van der Waals surface area contributed by atoms with E-state index in [2.05, 4.69) is 46.8 Å². The van der Waals surface area contributed by atoms with Crippen molar-refractivity contribution in [1.29, 1.82) is 0 Å². The molecule has 2 rings (SSSR count). The number of alkyl halides is 1. The Morgan fingerprint density at radius 1 is 1.44 bits per heavy atom. The summed E-state index contributed by atoms with van der Waals surface area (Å²) in [6.07, 6.45) is 1.27. The monoisotopic (exact) mass is 301 g/mol. The fraction of sp³-hybridized carbons (Fsp3) is 0.538. The average molecular weight is 303 g/mol. The lowest BCUT2D eigenvalue weighted by atomic mass is 10.1. The van der Waals surface area contributed by atoms with Gasteiger partial charge < -0.3 is 4.90 Å². The highest BCUT2D eigenvalue weighted by atomic mass is 79.9. The predicted molar refractivity (Wildman–Crippen MR) is 74.7 cm³/mol. The van der Waals surface area contributed by atoms with Crippen molar-refractivity contribution in [3.8, 4) is 0 Å². The predicted octanol–water partition coefficient (Wildman–Crippen LogP) is 4.47. The summed E-state index contributed by atoms with van der Waals surface area (Å²) < 4.78 is 0. The SMILES string of the molecule is CC1CC(C)N(c2cc(Cl)ccc2CBr)C1. The molecular weight excluding hydrogens is 286 g/mol. The molecule has 16 heavy (non-hydrogen) atoms. The molecule has 1 aromatic rings. The summed E-state index contributed by atoms with van der Waals surface area (Å²) in [6.45, 7) is 5.75. The first kappa shape index (κ1) is 12.3. The van der Waals surface area contributed by atoms with Crippen LogP contribution in [0.4, 0.5) is 5.69 Å². The highest BCUT2D eigenvalue weighted by Crippen LogP contribution is 2.33. The second-order valence-electron chi connectivity index (χ2n) is 4.75. The molecule has 0 N–H and O–H groups in total. The minimum atomic E-state index is 0.617. The number of anilines is 1. The summed E-state index contributed by atoms with van der Waals surface area (Å²) in [7, 11) is 0. The molecule has 1 nitrogen and oxygen atoms in total. The Bertz CT molecular complexity index is 380. The van der Waals surface area contributed by atoms with E-state index >= 15 is 0 Å². The fourth-order valence-electron chi connectivity index (χ4n) is 2.55. The van der Waals surface area contributed by atoms with Crippen molar-refractivity contribution in [3.05, 3.63) is 28.8 Å². The van der Waals surface area contributed by atoms with Crippen molar-refractivity contribution >= 4 is 33.2 Å². The molecule has 1 heterocycles. The topological polar surface area (TPSA) is 3.24 Å². The zero-order valence-corrected chi connectivity index (χ0v) is 12.1. The Kier molecular flexibility index (Phi) is 3.81. The van der Waals surface area contributed by atoms with Crippen LogP contribution < -0.4 is 4.90 Å². The fourth-order valence-corrected chi connectivity index (χ4v) is 3.19. The highest BCUT2D eigenvalue weighted by molar-refractivity contribution is 9.08. The van der Waals surface area contributed by atoms with E-state index in [-0.39, 0.29) is 0 Å². The first-order chi connectivity index (χ1) is 7.61. The Morgan fingerprint density at radius 2 is 2.19 bits per heavy atom. The number of hydrogen-bond donors (Lipinski definition) is 0. The van der Waals surface area contributed by atoms with Gasteiger partial charge in [-0.05, 0) is 37.0 Å². The normalized spacial score (nSPS) is 25.1. The first-order valence-corrected chi connectivity index (χ1v) is 7.22. The zero-order valence-electron chi connectivity index (χ0n) is 9.71. The molecule has 3 heteroatoms. The molecule has 0 aliphatic carbocycles. The quantitative estimate of drug-likeness (QED) is 0.729. The van der Waals surface area contributed by atoms with Gasteiger partial charge in [0.05, 0.1) is 0 Å². The molecule has 0 aromatic heterocycles. The minimum absolute atomic E-state index is 0.617. The molecule has 0 saturated carbocycles. The molecule has 1 aliphatic heterocycles. The molecule has 2 unspecified atom stereocenters. The lowest BCUT2D eigenvalue weighted by molar-refractivity contribution is 0.625. The maximum Gasteiger partial charge on any atom is 0.0426 e. The summed E-state index contributed by atoms with van der Waals surface area (Å²) in [6, 6.07) is 6.78. The van der Waals surface area contributed by atoms with Crippen LogP contribution in [0.15, 0.2) is 18.2 Å². The Hall–Kier alpha value is -0.210. The van der Waals surface area contributed by atoms with Crippen LogP contribution in [0.2, 0.25) is 5.02 Å². The number of hydrogen-bond acceptors (Lipinski definition) is 1. The van der Waals surface area contributed by atoms with E-state index in [1.54, 1.807) is 0 Å². The summed E-state index contributed by atoms with van der Waals surface area (Å²) in [5, 5.41) is 1.71. The first-order valence-electron chi connectivity index (χ1n) is 5.73. The minimum Gasteiger partial charge on any atom is -0.368 e. The van der Waals surface area contributed by atoms with E-state index in [1.807, 2.05) is 6.07 Å². The molecule has 1 saturated heterocycles. The number of benzene rings is 1. The standard InChI is InChI=1S/C13H17BrClN/c1-9-5-10(2)16(8-9)13-6-12(15)4-3-11(13)7-14/h3-4,6,9-10H,5,7-8H2,1-2H3. The number of halogens is 2. The van der Waals surface area contributed by atoms with E-state index in [0.29, 0.717) is 6.04 Å². The maximum absolute atomic E-state index is 6.09. The molecule has 1 aliphatic rings. The maximum atomic E-state index is 6.09. The molecule has 88 valence electrons. The van der Waals surface area contributed by atoms with Gasteiger partial charge in [0, 0.05) is 28.6 Å². The van der Waals surface area contributed by atoms with Crippen LogP contribution in [0, 0.1) is 5.92 Å². The van der Waals surface area contributed by atoms with Crippen molar-refractivity contribution in [2.45, 2.75) is 31.6 Å². The van der Waals surface area contributed by atoms with Crippen LogP contribution in [0.5, 0.6) is 0 Å². The molecule has 2 atom stereocenters. The van der Waals surface area contributed by atoms with E-state index in [0.717, 1.165) is 22.8 Å². The van der Waals surface area contributed by atoms with Crippen molar-refractivity contribution in [3.63, 3.8) is 0 Å². The molecule has 0 spiro atoms. The van der Waals surface area contributed by atoms with Crippen molar-refractivity contribution in [2.24, 2.45) is 5.92 Å². The molecule has 0 amide bonds. The van der Waals surface area contributed by atoms with Crippen LogP contribution >= 0.6 is 27.5 Å². The van der Waals surface area contributed by atoms with E-state index in [9.17, 15) is 0 Å². The largest absolute Gasteiger partial charge is 0.368 e. The Labute approximate surface area is 111 Å². The van der Waals surface area contributed by atoms with Gasteiger partial charge in [0.25, 0.3) is 0 Å². The van der Waals surface area contributed by atoms with E-state index in [4.69, 9.17) is 11.6 Å².